The van der Waals surface area contributed by atoms with Crippen molar-refractivity contribution in [2.24, 2.45) is 0 Å². The van der Waals surface area contributed by atoms with Crippen LogP contribution < -0.4 is 15.4 Å². The van der Waals surface area contributed by atoms with E-state index in [0.29, 0.717) is 24.4 Å². The minimum absolute atomic E-state index is 0.162. The first-order valence-corrected chi connectivity index (χ1v) is 8.43. The van der Waals surface area contributed by atoms with Crippen LogP contribution in [0.5, 0.6) is 5.75 Å². The van der Waals surface area contributed by atoms with Crippen molar-refractivity contribution in [2.45, 2.75) is 0 Å². The molecule has 0 saturated carbocycles. The van der Waals surface area contributed by atoms with Gasteiger partial charge in [0.05, 0.1) is 17.8 Å². The van der Waals surface area contributed by atoms with Gasteiger partial charge in [-0.1, -0.05) is 30.3 Å². The average Bonchev–Trinajstić information content (AvgIpc) is 3.27. The highest BCUT2D eigenvalue weighted by Crippen LogP contribution is 2.16. The Balaban J connectivity index is 1.60. The van der Waals surface area contributed by atoms with Gasteiger partial charge in [0.2, 0.25) is 5.82 Å². The van der Waals surface area contributed by atoms with Crippen molar-refractivity contribution in [2.75, 3.05) is 18.5 Å². The normalized spacial score (nSPS) is 10.8. The predicted octanol–water partition coefficient (Wildman–Crippen LogP) is 1.99. The second kappa shape index (κ2) is 9.49. The summed E-state index contributed by atoms with van der Waals surface area (Å²) in [5, 5.41) is 28.2. The summed E-state index contributed by atoms with van der Waals surface area (Å²) in [6.07, 6.45) is 1.43. The number of aromatic amines is 1. The fraction of sp³-hybridized carbons (Fsp3) is 0.105. The second-order valence-corrected chi connectivity index (χ2v) is 5.51. The molecule has 1 heterocycles. The molecule has 9 heteroatoms. The smallest absolute Gasteiger partial charge is 0.253 e. The maximum absolute atomic E-state index is 12.5. The Morgan fingerprint density at radius 2 is 1.96 bits per heavy atom. The highest BCUT2D eigenvalue weighted by atomic mass is 16.5. The van der Waals surface area contributed by atoms with Crippen LogP contribution in [-0.4, -0.2) is 39.7 Å². The number of nitrogens with zero attached hydrogens (tertiary/aromatic N) is 4. The Labute approximate surface area is 161 Å². The molecule has 0 aliphatic heterocycles. The van der Waals surface area contributed by atoms with Crippen LogP contribution in [0.15, 0.2) is 60.8 Å². The number of H-pyrrole nitrogens is 1. The molecule has 0 bridgehead atoms. The van der Waals surface area contributed by atoms with E-state index in [1.54, 1.807) is 24.3 Å². The van der Waals surface area contributed by atoms with Gasteiger partial charge < -0.3 is 15.4 Å². The summed E-state index contributed by atoms with van der Waals surface area (Å²) in [6, 6.07) is 18.3. The molecule has 0 aliphatic rings. The molecule has 140 valence electrons. The molecule has 0 aliphatic carbocycles. The van der Waals surface area contributed by atoms with Crippen LogP contribution in [0.4, 0.5) is 5.69 Å². The number of anilines is 1. The molecule has 1 aromatic heterocycles. The molecule has 28 heavy (non-hydrogen) atoms. The van der Waals surface area contributed by atoms with Crippen LogP contribution in [0.25, 0.3) is 5.57 Å². The lowest BCUT2D eigenvalue weighted by molar-refractivity contribution is 0.0948. The monoisotopic (exact) mass is 375 g/mol. The number of benzene rings is 2. The van der Waals surface area contributed by atoms with E-state index in [-0.39, 0.29) is 17.3 Å². The number of carbonyl (C=O) groups is 1. The predicted molar refractivity (Wildman–Crippen MR) is 102 cm³/mol. The zero-order valence-corrected chi connectivity index (χ0v) is 14.8. The molecule has 9 nitrogen and oxygen atoms in total. The van der Waals surface area contributed by atoms with Crippen molar-refractivity contribution < 1.29 is 9.53 Å². The first kappa shape index (κ1) is 18.6. The van der Waals surface area contributed by atoms with Gasteiger partial charge in [-0.15, -0.1) is 10.2 Å². The first-order chi connectivity index (χ1) is 13.8. The molecule has 0 fully saturated rings. The van der Waals surface area contributed by atoms with Gasteiger partial charge in [-0.2, -0.15) is 10.5 Å². The topological polar surface area (TPSA) is 129 Å². The number of hydrogen-bond donors (Lipinski definition) is 3. The van der Waals surface area contributed by atoms with Gasteiger partial charge in [0, 0.05) is 6.20 Å². The number of tetrazole rings is 1. The first-order valence-electron chi connectivity index (χ1n) is 8.43. The van der Waals surface area contributed by atoms with Gasteiger partial charge in [-0.25, -0.2) is 0 Å². The zero-order valence-electron chi connectivity index (χ0n) is 14.8. The van der Waals surface area contributed by atoms with Gasteiger partial charge in [0.15, 0.2) is 0 Å². The Bertz CT molecular complexity index is 979. The fourth-order valence-electron chi connectivity index (χ4n) is 2.33. The molecule has 0 radical (unpaired) electrons. The SMILES string of the molecule is N#CC(=CNc1ccccc1C(=O)NCCOc1ccccc1)c1nn[nH]n1. The van der Waals surface area contributed by atoms with Crippen molar-refractivity contribution >= 4 is 17.2 Å². The third kappa shape index (κ3) is 4.92. The molecule has 0 spiro atoms. The Hall–Kier alpha value is -4.19. The van der Waals surface area contributed by atoms with E-state index in [1.807, 2.05) is 36.4 Å². The van der Waals surface area contributed by atoms with Gasteiger partial charge in [-0.3, -0.25) is 4.79 Å². The largest absolute Gasteiger partial charge is 0.492 e. The van der Waals surface area contributed by atoms with Crippen LogP contribution in [0.1, 0.15) is 16.2 Å². The van der Waals surface area contributed by atoms with Crippen molar-refractivity contribution in [1.29, 1.82) is 5.26 Å². The highest BCUT2D eigenvalue weighted by Gasteiger charge is 2.11. The number of para-hydroxylation sites is 2. The minimum atomic E-state index is -0.258. The Morgan fingerprint density at radius 1 is 1.18 bits per heavy atom. The summed E-state index contributed by atoms with van der Waals surface area (Å²) in [4.78, 5) is 12.5. The Kier molecular flexibility index (Phi) is 6.30. The second-order valence-electron chi connectivity index (χ2n) is 5.51. The lowest BCUT2D eigenvalue weighted by Crippen LogP contribution is -2.28. The lowest BCUT2D eigenvalue weighted by atomic mass is 10.1. The lowest BCUT2D eigenvalue weighted by Gasteiger charge is -2.11. The van der Waals surface area contributed by atoms with E-state index in [1.165, 1.54) is 6.20 Å². The third-order valence-corrected chi connectivity index (χ3v) is 3.65. The van der Waals surface area contributed by atoms with Crippen LogP contribution in [0, 0.1) is 11.3 Å². The molecule has 0 saturated heterocycles. The van der Waals surface area contributed by atoms with Crippen molar-refractivity contribution in [3.8, 4) is 11.8 Å². The van der Waals surface area contributed by atoms with Crippen molar-refractivity contribution in [3.63, 3.8) is 0 Å². The molecular formula is C19H17N7O2. The Morgan fingerprint density at radius 3 is 2.71 bits per heavy atom. The number of allylic oxidation sites excluding steroid dienone is 1. The maximum atomic E-state index is 12.5. The number of carbonyl (C=O) groups excluding carboxylic acids is 1. The van der Waals surface area contributed by atoms with E-state index in [2.05, 4.69) is 31.3 Å². The number of amides is 1. The minimum Gasteiger partial charge on any atom is -0.492 e. The van der Waals surface area contributed by atoms with Gasteiger partial charge in [0.25, 0.3) is 5.91 Å². The molecular weight excluding hydrogens is 358 g/mol. The van der Waals surface area contributed by atoms with Crippen LogP contribution in [0.3, 0.4) is 0 Å². The molecule has 3 rings (SSSR count). The summed E-state index contributed by atoms with van der Waals surface area (Å²) in [5.41, 5.74) is 1.16. The fourth-order valence-corrected chi connectivity index (χ4v) is 2.33. The molecule has 1 amide bonds. The van der Waals surface area contributed by atoms with Crippen molar-refractivity contribution in [1.82, 2.24) is 25.9 Å². The van der Waals surface area contributed by atoms with Crippen molar-refractivity contribution in [3.05, 3.63) is 72.2 Å². The quantitative estimate of drug-likeness (QED) is 0.405. The van der Waals surface area contributed by atoms with E-state index in [4.69, 9.17) is 4.74 Å². The van der Waals surface area contributed by atoms with E-state index >= 15 is 0 Å². The zero-order chi connectivity index (χ0) is 19.6. The summed E-state index contributed by atoms with van der Waals surface area (Å²) in [6.45, 7) is 0.700. The summed E-state index contributed by atoms with van der Waals surface area (Å²) < 4.78 is 5.56. The van der Waals surface area contributed by atoms with Crippen LogP contribution in [-0.2, 0) is 0 Å². The summed E-state index contributed by atoms with van der Waals surface area (Å²) in [7, 11) is 0. The molecule has 0 unspecified atom stereocenters. The maximum Gasteiger partial charge on any atom is 0.253 e. The van der Waals surface area contributed by atoms with E-state index in [9.17, 15) is 10.1 Å². The highest BCUT2D eigenvalue weighted by molar-refractivity contribution is 6.00. The summed E-state index contributed by atoms with van der Waals surface area (Å²) >= 11 is 0. The van der Waals surface area contributed by atoms with Gasteiger partial charge >= 0.3 is 0 Å². The number of rotatable bonds is 8. The molecule has 3 N–H and O–H groups in total. The van der Waals surface area contributed by atoms with E-state index < -0.39 is 0 Å². The summed E-state index contributed by atoms with van der Waals surface area (Å²) in [5.74, 6) is 0.649. The molecule has 3 aromatic rings. The number of hydrogen-bond acceptors (Lipinski definition) is 7. The molecule has 2 aromatic carbocycles. The number of ether oxygens (including phenoxy) is 1. The van der Waals surface area contributed by atoms with E-state index in [0.717, 1.165) is 5.75 Å². The van der Waals surface area contributed by atoms with Gasteiger partial charge in [0.1, 0.15) is 24.0 Å². The van der Waals surface area contributed by atoms with Crippen LogP contribution >= 0.6 is 0 Å². The van der Waals surface area contributed by atoms with Crippen LogP contribution in [0.2, 0.25) is 0 Å². The number of aromatic nitrogens is 4. The third-order valence-electron chi connectivity index (χ3n) is 3.65. The van der Waals surface area contributed by atoms with Gasteiger partial charge in [-0.05, 0) is 29.5 Å². The number of nitrogens with one attached hydrogen (secondary N) is 3. The standard InChI is InChI=1S/C19H17N7O2/c20-12-14(18-23-25-26-24-18)13-22-17-9-5-4-8-16(17)19(27)21-10-11-28-15-6-2-1-3-7-15/h1-9,13,22H,10-11H2,(H,21,27)(H,23,24,25,26). The molecule has 0 atom stereocenters. The average molecular weight is 375 g/mol. The number of nitriles is 1.